The van der Waals surface area contributed by atoms with Crippen molar-refractivity contribution in [2.24, 2.45) is 17.6 Å². The van der Waals surface area contributed by atoms with E-state index in [2.05, 4.69) is 25.8 Å². The summed E-state index contributed by atoms with van der Waals surface area (Å²) >= 11 is 0. The van der Waals surface area contributed by atoms with Crippen LogP contribution in [0.25, 0.3) is 0 Å². The van der Waals surface area contributed by atoms with Gasteiger partial charge < -0.3 is 5.73 Å². The van der Waals surface area contributed by atoms with Crippen LogP contribution in [0.5, 0.6) is 0 Å². The topological polar surface area (TPSA) is 29.3 Å². The van der Waals surface area contributed by atoms with E-state index in [1.165, 1.54) is 6.07 Å². The minimum atomic E-state index is -0.124. The Labute approximate surface area is 115 Å². The summed E-state index contributed by atoms with van der Waals surface area (Å²) in [5, 5.41) is 0. The van der Waals surface area contributed by atoms with Crippen LogP contribution in [-0.2, 0) is 6.54 Å². The summed E-state index contributed by atoms with van der Waals surface area (Å²) in [7, 11) is 2.07. The number of benzene rings is 1. The molecular formula is C16H25FN2. The normalized spacial score (nSPS) is 26.8. The molecule has 1 fully saturated rings. The quantitative estimate of drug-likeness (QED) is 0.885. The van der Waals surface area contributed by atoms with Crippen LogP contribution in [-0.4, -0.2) is 24.0 Å². The molecular weight excluding hydrogens is 239 g/mol. The van der Waals surface area contributed by atoms with E-state index in [1.807, 2.05) is 12.1 Å². The number of nitrogens with zero attached hydrogens (tertiary/aromatic N) is 1. The maximum absolute atomic E-state index is 13.7. The van der Waals surface area contributed by atoms with Gasteiger partial charge in [-0.1, -0.05) is 32.0 Å². The van der Waals surface area contributed by atoms with Gasteiger partial charge in [-0.15, -0.1) is 0 Å². The number of hydrogen-bond donors (Lipinski definition) is 1. The van der Waals surface area contributed by atoms with Gasteiger partial charge in [0.2, 0.25) is 0 Å². The van der Waals surface area contributed by atoms with Crippen molar-refractivity contribution in [3.63, 3.8) is 0 Å². The van der Waals surface area contributed by atoms with E-state index in [9.17, 15) is 4.39 Å². The third-order valence-electron chi connectivity index (χ3n) is 4.78. The molecule has 0 spiro atoms. The fourth-order valence-electron chi connectivity index (χ4n) is 3.07. The van der Waals surface area contributed by atoms with Gasteiger partial charge in [-0.05, 0) is 37.8 Å². The fraction of sp³-hybridized carbons (Fsp3) is 0.625. The summed E-state index contributed by atoms with van der Waals surface area (Å²) in [5.41, 5.74) is 6.81. The smallest absolute Gasteiger partial charge is 0.127 e. The number of halogens is 1. The first-order valence-electron chi connectivity index (χ1n) is 7.13. The average Bonchev–Trinajstić information content (AvgIpc) is 2.31. The SMILES string of the molecule is CC(C)C1CC(CN)(N(C)Cc2ccccc2F)C1. The van der Waals surface area contributed by atoms with Gasteiger partial charge in [0.25, 0.3) is 0 Å². The number of hydrogen-bond acceptors (Lipinski definition) is 2. The molecule has 0 atom stereocenters. The molecule has 1 aliphatic carbocycles. The van der Waals surface area contributed by atoms with E-state index >= 15 is 0 Å². The Morgan fingerprint density at radius 1 is 1.37 bits per heavy atom. The molecule has 3 heteroatoms. The highest BCUT2D eigenvalue weighted by molar-refractivity contribution is 5.18. The molecule has 0 aliphatic heterocycles. The number of likely N-dealkylation sites (N-methyl/N-ethyl adjacent to an activating group) is 1. The van der Waals surface area contributed by atoms with Crippen LogP contribution in [0.3, 0.4) is 0 Å². The van der Waals surface area contributed by atoms with Crippen LogP contribution < -0.4 is 5.73 Å². The lowest BCUT2D eigenvalue weighted by Gasteiger charge is -2.54. The number of rotatable bonds is 5. The van der Waals surface area contributed by atoms with E-state index in [-0.39, 0.29) is 11.4 Å². The largest absolute Gasteiger partial charge is 0.329 e. The lowest BCUT2D eigenvalue weighted by Crippen LogP contribution is -2.61. The molecule has 1 aromatic carbocycles. The summed E-state index contributed by atoms with van der Waals surface area (Å²) in [5.74, 6) is 1.34. The van der Waals surface area contributed by atoms with Gasteiger partial charge in [-0.25, -0.2) is 4.39 Å². The molecule has 0 radical (unpaired) electrons. The van der Waals surface area contributed by atoms with Gasteiger partial charge in [-0.2, -0.15) is 0 Å². The monoisotopic (exact) mass is 264 g/mol. The molecule has 0 bridgehead atoms. The molecule has 0 aromatic heterocycles. The molecule has 2 rings (SSSR count). The lowest BCUT2D eigenvalue weighted by atomic mass is 9.63. The van der Waals surface area contributed by atoms with E-state index in [4.69, 9.17) is 5.73 Å². The third kappa shape index (κ3) is 2.82. The van der Waals surface area contributed by atoms with Crippen LogP contribution in [0, 0.1) is 17.7 Å². The minimum Gasteiger partial charge on any atom is -0.329 e. The fourth-order valence-corrected chi connectivity index (χ4v) is 3.07. The third-order valence-corrected chi connectivity index (χ3v) is 4.78. The zero-order chi connectivity index (χ0) is 14.0. The minimum absolute atomic E-state index is 0.0667. The summed E-state index contributed by atoms with van der Waals surface area (Å²) in [6.45, 7) is 5.82. The Hall–Kier alpha value is -0.930. The van der Waals surface area contributed by atoms with Crippen LogP contribution in [0.1, 0.15) is 32.3 Å². The van der Waals surface area contributed by atoms with Gasteiger partial charge in [0.05, 0.1) is 0 Å². The van der Waals surface area contributed by atoms with Crippen molar-refractivity contribution in [3.8, 4) is 0 Å². The van der Waals surface area contributed by atoms with E-state index in [0.29, 0.717) is 19.0 Å². The maximum Gasteiger partial charge on any atom is 0.127 e. The molecule has 1 saturated carbocycles. The molecule has 1 aliphatic rings. The first-order chi connectivity index (χ1) is 8.98. The van der Waals surface area contributed by atoms with Gasteiger partial charge >= 0.3 is 0 Å². The Balaban J connectivity index is 2.03. The van der Waals surface area contributed by atoms with E-state index < -0.39 is 0 Å². The van der Waals surface area contributed by atoms with Crippen LogP contribution >= 0.6 is 0 Å². The standard InChI is InChI=1S/C16H25FN2/c1-12(2)14-8-16(9-14,11-18)19(3)10-13-6-4-5-7-15(13)17/h4-7,12,14H,8-11,18H2,1-3H3. The second-order valence-corrected chi connectivity index (χ2v) is 6.29. The second kappa shape index (κ2) is 5.59. The van der Waals surface area contributed by atoms with Crippen molar-refractivity contribution in [1.29, 1.82) is 0 Å². The lowest BCUT2D eigenvalue weighted by molar-refractivity contribution is -0.0248. The van der Waals surface area contributed by atoms with Crippen molar-refractivity contribution in [2.75, 3.05) is 13.6 Å². The highest BCUT2D eigenvalue weighted by atomic mass is 19.1. The zero-order valence-corrected chi connectivity index (χ0v) is 12.2. The Bertz CT molecular complexity index is 425. The highest BCUT2D eigenvalue weighted by Gasteiger charge is 2.46. The molecule has 1 aromatic rings. The molecule has 2 N–H and O–H groups in total. The van der Waals surface area contributed by atoms with Crippen LogP contribution in [0.4, 0.5) is 4.39 Å². The molecule has 19 heavy (non-hydrogen) atoms. The van der Waals surface area contributed by atoms with Crippen molar-refractivity contribution >= 4 is 0 Å². The van der Waals surface area contributed by atoms with Crippen molar-refractivity contribution in [2.45, 2.75) is 38.8 Å². The van der Waals surface area contributed by atoms with Gasteiger partial charge in [0, 0.05) is 24.2 Å². The summed E-state index contributed by atoms with van der Waals surface area (Å²) in [4.78, 5) is 2.24. The van der Waals surface area contributed by atoms with Gasteiger partial charge in [0.1, 0.15) is 5.82 Å². The van der Waals surface area contributed by atoms with Crippen molar-refractivity contribution < 1.29 is 4.39 Å². The van der Waals surface area contributed by atoms with Crippen molar-refractivity contribution in [1.82, 2.24) is 4.90 Å². The van der Waals surface area contributed by atoms with Crippen LogP contribution in [0.2, 0.25) is 0 Å². The Morgan fingerprint density at radius 2 is 2.00 bits per heavy atom. The first-order valence-corrected chi connectivity index (χ1v) is 7.13. The molecule has 0 amide bonds. The summed E-state index contributed by atoms with van der Waals surface area (Å²) < 4.78 is 13.7. The molecule has 0 saturated heterocycles. The molecule has 0 unspecified atom stereocenters. The van der Waals surface area contributed by atoms with Gasteiger partial charge in [0.15, 0.2) is 0 Å². The highest BCUT2D eigenvalue weighted by Crippen LogP contribution is 2.45. The summed E-state index contributed by atoms with van der Waals surface area (Å²) in [6, 6.07) is 7.00. The zero-order valence-electron chi connectivity index (χ0n) is 12.2. The second-order valence-electron chi connectivity index (χ2n) is 6.29. The average molecular weight is 264 g/mol. The predicted molar refractivity (Wildman–Crippen MR) is 77.2 cm³/mol. The van der Waals surface area contributed by atoms with Gasteiger partial charge in [-0.3, -0.25) is 4.90 Å². The van der Waals surface area contributed by atoms with E-state index in [0.717, 1.165) is 24.3 Å². The summed E-state index contributed by atoms with van der Waals surface area (Å²) in [6.07, 6.45) is 2.26. The van der Waals surface area contributed by atoms with Crippen molar-refractivity contribution in [3.05, 3.63) is 35.6 Å². The van der Waals surface area contributed by atoms with Crippen LogP contribution in [0.15, 0.2) is 24.3 Å². The Morgan fingerprint density at radius 3 is 2.53 bits per heavy atom. The molecule has 106 valence electrons. The van der Waals surface area contributed by atoms with E-state index in [1.54, 1.807) is 6.07 Å². The first kappa shape index (κ1) is 14.5. The number of nitrogens with two attached hydrogens (primary N) is 1. The molecule has 0 heterocycles. The predicted octanol–water partition coefficient (Wildman–Crippen LogP) is 3.02. The Kier molecular flexibility index (Phi) is 4.26. The molecule has 2 nitrogen and oxygen atoms in total. The maximum atomic E-state index is 13.7.